The highest BCUT2D eigenvalue weighted by molar-refractivity contribution is 5.94. The second-order valence-electron chi connectivity index (χ2n) is 5.11. The molecule has 2 unspecified atom stereocenters. The van der Waals surface area contributed by atoms with Crippen molar-refractivity contribution < 1.29 is 14.3 Å². The fourth-order valence-corrected chi connectivity index (χ4v) is 1.71. The van der Waals surface area contributed by atoms with Crippen LogP contribution in [0.3, 0.4) is 0 Å². The summed E-state index contributed by atoms with van der Waals surface area (Å²) >= 11 is 0. The topological polar surface area (TPSA) is 55.4 Å². The number of ether oxygens (including phenoxy) is 1. The Morgan fingerprint density at radius 1 is 1.30 bits per heavy atom. The van der Waals surface area contributed by atoms with E-state index >= 15 is 0 Å². The molecule has 20 heavy (non-hydrogen) atoms. The van der Waals surface area contributed by atoms with E-state index in [0.29, 0.717) is 11.3 Å². The van der Waals surface area contributed by atoms with Crippen LogP contribution in [0, 0.1) is 6.92 Å². The number of nitrogens with one attached hydrogen (secondary N) is 1. The maximum atomic E-state index is 11.9. The third-order valence-electron chi connectivity index (χ3n) is 3.26. The van der Waals surface area contributed by atoms with Crippen molar-refractivity contribution in [2.24, 2.45) is 0 Å². The highest BCUT2D eigenvalue weighted by atomic mass is 16.5. The molecule has 2 atom stereocenters. The van der Waals surface area contributed by atoms with Crippen molar-refractivity contribution in [1.82, 2.24) is 5.32 Å². The molecule has 0 aliphatic heterocycles. The zero-order chi connectivity index (χ0) is 15.3. The maximum Gasteiger partial charge on any atom is 0.260 e. The Morgan fingerprint density at radius 3 is 2.45 bits per heavy atom. The molecule has 0 aliphatic carbocycles. The van der Waals surface area contributed by atoms with E-state index in [-0.39, 0.29) is 17.7 Å². The van der Waals surface area contributed by atoms with Gasteiger partial charge in [-0.05, 0) is 57.9 Å². The van der Waals surface area contributed by atoms with Crippen LogP contribution in [0.2, 0.25) is 0 Å². The first-order chi connectivity index (χ1) is 9.35. The largest absolute Gasteiger partial charge is 0.481 e. The first kappa shape index (κ1) is 16.2. The number of carbonyl (C=O) groups is 2. The molecule has 1 N–H and O–H groups in total. The van der Waals surface area contributed by atoms with Gasteiger partial charge in [-0.25, -0.2) is 0 Å². The SMILES string of the molecule is CCC(C)NC(=O)C(C)Oc1ccc(C(C)=O)cc1C. The maximum absolute atomic E-state index is 11.9. The normalized spacial score (nSPS) is 13.4. The van der Waals surface area contributed by atoms with E-state index in [1.807, 2.05) is 20.8 Å². The van der Waals surface area contributed by atoms with E-state index in [1.165, 1.54) is 6.92 Å². The van der Waals surface area contributed by atoms with E-state index in [4.69, 9.17) is 4.74 Å². The predicted molar refractivity (Wildman–Crippen MR) is 79.2 cm³/mol. The number of ketones is 1. The van der Waals surface area contributed by atoms with Crippen LogP contribution in [0.4, 0.5) is 0 Å². The second-order valence-corrected chi connectivity index (χ2v) is 5.11. The minimum Gasteiger partial charge on any atom is -0.481 e. The Labute approximate surface area is 120 Å². The molecule has 1 aromatic rings. The quantitative estimate of drug-likeness (QED) is 0.813. The predicted octanol–water partition coefficient (Wildman–Crippen LogP) is 2.88. The lowest BCUT2D eigenvalue weighted by Crippen LogP contribution is -2.41. The molecule has 0 bridgehead atoms. The van der Waals surface area contributed by atoms with Crippen LogP contribution in [-0.4, -0.2) is 23.8 Å². The van der Waals surface area contributed by atoms with Gasteiger partial charge >= 0.3 is 0 Å². The lowest BCUT2D eigenvalue weighted by Gasteiger charge is -2.19. The van der Waals surface area contributed by atoms with E-state index in [1.54, 1.807) is 25.1 Å². The van der Waals surface area contributed by atoms with Gasteiger partial charge in [-0.3, -0.25) is 9.59 Å². The van der Waals surface area contributed by atoms with E-state index in [0.717, 1.165) is 12.0 Å². The number of benzene rings is 1. The molecule has 0 aliphatic rings. The fourth-order valence-electron chi connectivity index (χ4n) is 1.71. The number of Topliss-reactive ketones (excluding diaryl/α,β-unsaturated/α-hetero) is 1. The minimum atomic E-state index is -0.564. The van der Waals surface area contributed by atoms with Gasteiger partial charge in [-0.15, -0.1) is 0 Å². The third kappa shape index (κ3) is 4.37. The zero-order valence-electron chi connectivity index (χ0n) is 12.8. The Balaban J connectivity index is 2.73. The lowest BCUT2D eigenvalue weighted by molar-refractivity contribution is -0.127. The lowest BCUT2D eigenvalue weighted by atomic mass is 10.1. The van der Waals surface area contributed by atoms with E-state index < -0.39 is 6.10 Å². The summed E-state index contributed by atoms with van der Waals surface area (Å²) in [6, 6.07) is 5.36. The van der Waals surface area contributed by atoms with Crippen molar-refractivity contribution in [3.8, 4) is 5.75 Å². The van der Waals surface area contributed by atoms with Gasteiger partial charge in [-0.2, -0.15) is 0 Å². The van der Waals surface area contributed by atoms with Gasteiger partial charge in [-0.1, -0.05) is 6.92 Å². The fraction of sp³-hybridized carbons (Fsp3) is 0.500. The van der Waals surface area contributed by atoms with Gasteiger partial charge < -0.3 is 10.1 Å². The molecule has 0 aromatic heterocycles. The summed E-state index contributed by atoms with van der Waals surface area (Å²) in [5, 5.41) is 2.88. The molecule has 0 radical (unpaired) electrons. The second kappa shape index (κ2) is 7.08. The molecular formula is C16H23NO3. The van der Waals surface area contributed by atoms with Gasteiger partial charge in [0.05, 0.1) is 0 Å². The molecule has 0 heterocycles. The van der Waals surface area contributed by atoms with Crippen molar-refractivity contribution in [3.63, 3.8) is 0 Å². The standard InChI is InChI=1S/C16H23NO3/c1-6-11(3)17-16(19)13(5)20-15-8-7-14(12(4)18)9-10(15)2/h7-9,11,13H,6H2,1-5H3,(H,17,19). The van der Waals surface area contributed by atoms with Crippen molar-refractivity contribution in [2.45, 2.75) is 53.2 Å². The Morgan fingerprint density at radius 2 is 1.95 bits per heavy atom. The van der Waals surface area contributed by atoms with Crippen LogP contribution in [0.5, 0.6) is 5.75 Å². The highest BCUT2D eigenvalue weighted by Crippen LogP contribution is 2.20. The molecule has 0 saturated heterocycles. The smallest absolute Gasteiger partial charge is 0.260 e. The molecule has 4 heteroatoms. The number of rotatable bonds is 6. The van der Waals surface area contributed by atoms with Gasteiger partial charge in [0.2, 0.25) is 0 Å². The molecule has 0 spiro atoms. The van der Waals surface area contributed by atoms with Crippen molar-refractivity contribution in [2.75, 3.05) is 0 Å². The molecule has 0 saturated carbocycles. The van der Waals surface area contributed by atoms with E-state index in [9.17, 15) is 9.59 Å². The Hall–Kier alpha value is -1.84. The summed E-state index contributed by atoms with van der Waals surface area (Å²) in [7, 11) is 0. The summed E-state index contributed by atoms with van der Waals surface area (Å²) in [5.41, 5.74) is 1.49. The summed E-state index contributed by atoms with van der Waals surface area (Å²) in [6.45, 7) is 9.08. The number of hydrogen-bond acceptors (Lipinski definition) is 3. The number of hydrogen-bond donors (Lipinski definition) is 1. The molecule has 4 nitrogen and oxygen atoms in total. The van der Waals surface area contributed by atoms with Crippen molar-refractivity contribution in [1.29, 1.82) is 0 Å². The van der Waals surface area contributed by atoms with Gasteiger partial charge in [0.15, 0.2) is 11.9 Å². The zero-order valence-corrected chi connectivity index (χ0v) is 12.8. The first-order valence-corrected chi connectivity index (χ1v) is 6.93. The molecule has 0 fully saturated rings. The van der Waals surface area contributed by atoms with E-state index in [2.05, 4.69) is 5.32 Å². The number of amides is 1. The van der Waals surface area contributed by atoms with Gasteiger partial charge in [0.25, 0.3) is 5.91 Å². The first-order valence-electron chi connectivity index (χ1n) is 6.93. The summed E-state index contributed by atoms with van der Waals surface area (Å²) in [5.74, 6) is 0.512. The van der Waals surface area contributed by atoms with Crippen molar-refractivity contribution in [3.05, 3.63) is 29.3 Å². The van der Waals surface area contributed by atoms with Crippen LogP contribution in [0.1, 0.15) is 50.0 Å². The highest BCUT2D eigenvalue weighted by Gasteiger charge is 2.17. The molecule has 110 valence electrons. The van der Waals surface area contributed by atoms with Gasteiger partial charge in [0.1, 0.15) is 5.75 Å². The average Bonchev–Trinajstić information content (AvgIpc) is 2.40. The Kier molecular flexibility index (Phi) is 5.74. The molecule has 1 rings (SSSR count). The molecule has 1 amide bonds. The summed E-state index contributed by atoms with van der Waals surface area (Å²) in [6.07, 6.45) is 0.316. The minimum absolute atomic E-state index is 0.0159. The third-order valence-corrected chi connectivity index (χ3v) is 3.26. The number of aryl methyl sites for hydroxylation is 1. The number of carbonyl (C=O) groups excluding carboxylic acids is 2. The summed E-state index contributed by atoms with van der Waals surface area (Å²) in [4.78, 5) is 23.2. The van der Waals surface area contributed by atoms with Crippen LogP contribution < -0.4 is 10.1 Å². The monoisotopic (exact) mass is 277 g/mol. The van der Waals surface area contributed by atoms with Crippen LogP contribution in [-0.2, 0) is 4.79 Å². The van der Waals surface area contributed by atoms with Crippen LogP contribution in [0.15, 0.2) is 18.2 Å². The summed E-state index contributed by atoms with van der Waals surface area (Å²) < 4.78 is 5.66. The van der Waals surface area contributed by atoms with Crippen LogP contribution in [0.25, 0.3) is 0 Å². The van der Waals surface area contributed by atoms with Crippen LogP contribution >= 0.6 is 0 Å². The molecule has 1 aromatic carbocycles. The Bertz CT molecular complexity index is 496. The average molecular weight is 277 g/mol. The molecular weight excluding hydrogens is 254 g/mol. The van der Waals surface area contributed by atoms with Crippen molar-refractivity contribution >= 4 is 11.7 Å². The van der Waals surface area contributed by atoms with Gasteiger partial charge in [0, 0.05) is 11.6 Å².